The molecule has 0 spiro atoms. The molecule has 2 aliphatic heterocycles. The molecule has 2 aromatic heterocycles. The number of aromatic nitrogens is 3. The van der Waals surface area contributed by atoms with Gasteiger partial charge in [0.2, 0.25) is 17.8 Å². The number of Topliss-reactive ketones (excluding diaryl/α,β-unsaturated/α-hetero) is 1. The van der Waals surface area contributed by atoms with Crippen molar-refractivity contribution in [2.45, 2.75) is 37.8 Å². The Bertz CT molecular complexity index is 2170. The number of anilines is 1. The van der Waals surface area contributed by atoms with Gasteiger partial charge in [-0.3, -0.25) is 14.5 Å². The van der Waals surface area contributed by atoms with E-state index in [1.54, 1.807) is 18.2 Å². The molecule has 0 saturated carbocycles. The van der Waals surface area contributed by atoms with E-state index < -0.39 is 40.5 Å². The zero-order valence-corrected chi connectivity index (χ0v) is 29.4. The lowest BCUT2D eigenvalue weighted by Crippen LogP contribution is -2.62. The SMILES string of the molecule is CC(C)(O/N=C(\C(=O)C[C@@H]1C(=O)N2C(C(=O)O)=C(C=Cc3ccc(C[n+]4ccn(-c5ccc(O)c(O)c5)c4)cc3)CS[C@H]12)c1csc(N)n1)C(=O)O. The molecule has 1 amide bonds. The number of carboxylic acids is 2. The van der Waals surface area contributed by atoms with Crippen LogP contribution in [-0.2, 0) is 30.6 Å². The van der Waals surface area contributed by atoms with Crippen molar-refractivity contribution in [2.75, 3.05) is 11.5 Å². The fourth-order valence-electron chi connectivity index (χ4n) is 5.49. The summed E-state index contributed by atoms with van der Waals surface area (Å²) in [5.41, 5.74) is 6.57. The Morgan fingerprint density at radius 2 is 1.87 bits per heavy atom. The number of phenolic OH excluding ortho intramolecular Hbond substituents is 2. The average Bonchev–Trinajstić information content (AvgIpc) is 3.76. The van der Waals surface area contributed by atoms with E-state index in [4.69, 9.17) is 10.6 Å². The van der Waals surface area contributed by atoms with Gasteiger partial charge < -0.3 is 31.0 Å². The van der Waals surface area contributed by atoms with Gasteiger partial charge in [0.25, 0.3) is 0 Å². The summed E-state index contributed by atoms with van der Waals surface area (Å²) in [6.45, 7) is 3.09. The first kappa shape index (κ1) is 35.9. The minimum atomic E-state index is -1.75. The topological polar surface area (TPSA) is 222 Å². The van der Waals surface area contributed by atoms with E-state index in [1.807, 2.05) is 52.1 Å². The Kier molecular flexibility index (Phi) is 9.90. The molecule has 4 heterocycles. The fourth-order valence-corrected chi connectivity index (χ4v) is 7.43. The molecule has 4 aromatic rings. The van der Waals surface area contributed by atoms with Gasteiger partial charge in [-0.25, -0.2) is 23.7 Å². The number of aliphatic carboxylic acids is 2. The molecule has 1 saturated heterocycles. The van der Waals surface area contributed by atoms with Crippen LogP contribution in [0.4, 0.5) is 5.13 Å². The van der Waals surface area contributed by atoms with Crippen molar-refractivity contribution in [3.8, 4) is 17.2 Å². The number of thioether (sulfide) groups is 1. The van der Waals surface area contributed by atoms with Gasteiger partial charge in [0.15, 0.2) is 28.1 Å². The second-order valence-corrected chi connectivity index (χ2v) is 14.5. The zero-order chi connectivity index (χ0) is 37.3. The number of β-lactam (4-membered cyclic amide) rings is 1. The predicted octanol–water partition coefficient (Wildman–Crippen LogP) is 3.39. The number of imidazole rings is 1. The van der Waals surface area contributed by atoms with Gasteiger partial charge in [-0.15, -0.1) is 23.1 Å². The molecule has 1 fully saturated rings. The number of ketones is 1. The lowest BCUT2D eigenvalue weighted by molar-refractivity contribution is -0.687. The van der Waals surface area contributed by atoms with Gasteiger partial charge >= 0.3 is 11.9 Å². The molecule has 0 unspecified atom stereocenters. The van der Waals surface area contributed by atoms with Crippen molar-refractivity contribution in [3.63, 3.8) is 0 Å². The standard InChI is InChI=1S/C35H32N6O9S2/c1-35(2,33(48)49)50-38-28(24-17-52-34(36)37-24)27(44)14-23-30(45)41-29(32(46)47)21(16-51-31(23)41)8-7-19-3-5-20(6-4-19)15-39-11-12-40(18-39)22-9-10-25(42)26(43)13-22/h3-13,17-18,23,31H,14-16H2,1-2H3,(H5-,36,37,38,42,43,44,46,47,48,49)/p+1/t23-,31-/m1/s1. The van der Waals surface area contributed by atoms with Crippen molar-refractivity contribution in [3.05, 3.63) is 101 Å². The summed E-state index contributed by atoms with van der Waals surface area (Å²) in [5.74, 6) is -4.71. The monoisotopic (exact) mass is 745 g/mol. The van der Waals surface area contributed by atoms with E-state index in [-0.39, 0.29) is 45.9 Å². The minimum Gasteiger partial charge on any atom is -0.504 e. The van der Waals surface area contributed by atoms with Crippen LogP contribution in [0.2, 0.25) is 0 Å². The van der Waals surface area contributed by atoms with E-state index in [9.17, 15) is 39.6 Å². The van der Waals surface area contributed by atoms with Crippen LogP contribution in [0.5, 0.6) is 11.5 Å². The van der Waals surface area contributed by atoms with E-state index >= 15 is 0 Å². The smallest absolute Gasteiger partial charge is 0.352 e. The number of carbonyl (C=O) groups is 4. The third-order valence-electron chi connectivity index (χ3n) is 8.40. The number of nitrogens with two attached hydrogens (primary N) is 1. The molecule has 6 N–H and O–H groups in total. The molecule has 2 aliphatic rings. The van der Waals surface area contributed by atoms with Crippen molar-refractivity contribution < 1.29 is 49.0 Å². The van der Waals surface area contributed by atoms with Gasteiger partial charge in [0.05, 0.1) is 11.3 Å². The number of oxime groups is 1. The van der Waals surface area contributed by atoms with Crippen molar-refractivity contribution in [2.24, 2.45) is 11.1 Å². The maximum Gasteiger partial charge on any atom is 0.352 e. The van der Waals surface area contributed by atoms with Crippen LogP contribution in [0.15, 0.2) is 89.1 Å². The van der Waals surface area contributed by atoms with Gasteiger partial charge in [-0.2, -0.15) is 0 Å². The number of rotatable bonds is 13. The Balaban J connectivity index is 1.12. The first-order valence-electron chi connectivity index (χ1n) is 15.7. The van der Waals surface area contributed by atoms with Crippen molar-refractivity contribution >= 4 is 63.6 Å². The highest BCUT2D eigenvalue weighted by atomic mass is 32.2. The van der Waals surface area contributed by atoms with Crippen molar-refractivity contribution in [1.29, 1.82) is 0 Å². The molecule has 268 valence electrons. The maximum absolute atomic E-state index is 13.4. The van der Waals surface area contributed by atoms with Crippen LogP contribution < -0.4 is 10.3 Å². The molecule has 17 heteroatoms. The quantitative estimate of drug-likeness (QED) is 0.0437. The second kappa shape index (κ2) is 14.4. The van der Waals surface area contributed by atoms with E-state index in [1.165, 1.54) is 48.0 Å². The summed E-state index contributed by atoms with van der Waals surface area (Å²) in [6.07, 6.45) is 8.69. The Hall–Kier alpha value is -5.94. The number of hydrogen-bond acceptors (Lipinski definition) is 12. The van der Waals surface area contributed by atoms with Gasteiger partial charge in [0, 0.05) is 23.6 Å². The number of hydrogen-bond donors (Lipinski definition) is 5. The first-order chi connectivity index (χ1) is 24.7. The number of carboxylic acid groups (broad SMARTS) is 2. The van der Waals surface area contributed by atoms with Gasteiger partial charge in [-0.05, 0) is 42.7 Å². The van der Waals surface area contributed by atoms with Gasteiger partial charge in [0.1, 0.15) is 36.0 Å². The largest absolute Gasteiger partial charge is 0.504 e. The zero-order valence-electron chi connectivity index (χ0n) is 27.7. The summed E-state index contributed by atoms with van der Waals surface area (Å²) in [5, 5.41) is 43.7. The summed E-state index contributed by atoms with van der Waals surface area (Å²) in [4.78, 5) is 61.2. The molecule has 2 atom stereocenters. The molecule has 52 heavy (non-hydrogen) atoms. The minimum absolute atomic E-state index is 0.0746. The maximum atomic E-state index is 13.4. The Morgan fingerprint density at radius 3 is 2.52 bits per heavy atom. The number of carbonyl (C=O) groups excluding carboxylic acids is 2. The number of fused-ring (bicyclic) bond motifs is 1. The molecule has 0 radical (unpaired) electrons. The predicted molar refractivity (Wildman–Crippen MR) is 191 cm³/mol. The first-order valence-corrected chi connectivity index (χ1v) is 17.7. The summed E-state index contributed by atoms with van der Waals surface area (Å²) in [7, 11) is 0. The van der Waals surface area contributed by atoms with E-state index in [0.29, 0.717) is 17.8 Å². The summed E-state index contributed by atoms with van der Waals surface area (Å²) < 4.78 is 3.76. The number of thiazole rings is 1. The molecule has 0 aliphatic carbocycles. The number of nitrogens with zero attached hydrogens (tertiary/aromatic N) is 5. The van der Waals surface area contributed by atoms with E-state index in [0.717, 1.165) is 22.5 Å². The molecule has 6 rings (SSSR count). The normalized spacial score (nSPS) is 17.6. The van der Waals surface area contributed by atoms with Crippen LogP contribution in [0.1, 0.15) is 37.1 Å². The highest BCUT2D eigenvalue weighted by Crippen LogP contribution is 2.45. The number of aromatic hydroxyl groups is 2. The van der Waals surface area contributed by atoms with Crippen LogP contribution in [-0.4, -0.2) is 80.9 Å². The van der Waals surface area contributed by atoms with Crippen LogP contribution in [0.3, 0.4) is 0 Å². The molecule has 15 nitrogen and oxygen atoms in total. The third-order valence-corrected chi connectivity index (χ3v) is 10.4. The fraction of sp³-hybridized carbons (Fsp3) is 0.229. The molecular weight excluding hydrogens is 713 g/mol. The second-order valence-electron chi connectivity index (χ2n) is 12.5. The lowest BCUT2D eigenvalue weighted by Gasteiger charge is -2.49. The highest BCUT2D eigenvalue weighted by molar-refractivity contribution is 8.00. The molecular formula is C35H33N6O9S2+. The molecule has 0 bridgehead atoms. The van der Waals surface area contributed by atoms with Crippen LogP contribution >= 0.6 is 23.1 Å². The van der Waals surface area contributed by atoms with Gasteiger partial charge in [-0.1, -0.05) is 41.6 Å². The average molecular weight is 746 g/mol. The number of nitrogen functional groups attached to an aromatic ring is 1. The number of phenols is 2. The number of allylic oxidation sites excluding steroid dienone is 1. The lowest BCUT2D eigenvalue weighted by atomic mass is 9.89. The highest BCUT2D eigenvalue weighted by Gasteiger charge is 2.54. The number of benzene rings is 2. The van der Waals surface area contributed by atoms with Crippen LogP contribution in [0, 0.1) is 5.92 Å². The molecule has 2 aromatic carbocycles. The third kappa shape index (κ3) is 7.40. The summed E-state index contributed by atoms with van der Waals surface area (Å²) >= 11 is 2.38. The Morgan fingerprint density at radius 1 is 1.12 bits per heavy atom. The van der Waals surface area contributed by atoms with Crippen LogP contribution in [0.25, 0.3) is 11.8 Å². The summed E-state index contributed by atoms with van der Waals surface area (Å²) in [6, 6.07) is 12.3. The Labute approximate surface area is 304 Å². The number of amides is 1. The van der Waals surface area contributed by atoms with Crippen molar-refractivity contribution in [1.82, 2.24) is 14.5 Å². The van der Waals surface area contributed by atoms with E-state index in [2.05, 4.69) is 10.1 Å².